The van der Waals surface area contributed by atoms with E-state index in [4.69, 9.17) is 4.74 Å². The molecule has 0 unspecified atom stereocenters. The van der Waals surface area contributed by atoms with E-state index in [9.17, 15) is 13.2 Å². The van der Waals surface area contributed by atoms with E-state index in [1.165, 1.54) is 31.4 Å². The summed E-state index contributed by atoms with van der Waals surface area (Å²) in [4.78, 5) is 0. The van der Waals surface area contributed by atoms with Gasteiger partial charge in [0.1, 0.15) is 5.75 Å². The summed E-state index contributed by atoms with van der Waals surface area (Å²) in [6, 6.07) is 5.96. The van der Waals surface area contributed by atoms with Crippen LogP contribution in [0.4, 0.5) is 13.2 Å². The van der Waals surface area contributed by atoms with Gasteiger partial charge >= 0.3 is 5.38 Å². The molecular formula is C10H8ClF3O. The van der Waals surface area contributed by atoms with E-state index in [2.05, 4.69) is 11.6 Å². The molecular weight excluding hydrogens is 229 g/mol. The van der Waals surface area contributed by atoms with Crippen LogP contribution in [0, 0.1) is 0 Å². The van der Waals surface area contributed by atoms with Crippen molar-refractivity contribution in [1.82, 2.24) is 0 Å². The quantitative estimate of drug-likeness (QED) is 0.725. The van der Waals surface area contributed by atoms with Crippen LogP contribution in [0.15, 0.2) is 30.1 Å². The third-order valence-corrected chi connectivity index (χ3v) is 1.86. The average molecular weight is 237 g/mol. The summed E-state index contributed by atoms with van der Waals surface area (Å²) in [6.07, 6.45) is 0.673. The average Bonchev–Trinajstić information content (AvgIpc) is 2.17. The first-order valence-electron chi connectivity index (χ1n) is 4.02. The van der Waals surface area contributed by atoms with Gasteiger partial charge in [0.15, 0.2) is 5.83 Å². The predicted molar refractivity (Wildman–Crippen MR) is 52.9 cm³/mol. The van der Waals surface area contributed by atoms with Crippen LogP contribution in [0.5, 0.6) is 5.75 Å². The van der Waals surface area contributed by atoms with Gasteiger partial charge in [-0.15, -0.1) is 0 Å². The molecule has 0 radical (unpaired) electrons. The minimum absolute atomic E-state index is 0.286. The standard InChI is InChI=1S/C10H8ClF3O/c1-15-8-4-2-7(3-5-8)6-9(12)10(11,13)14/h2-6H,1H3/b9-6-. The van der Waals surface area contributed by atoms with E-state index in [1.807, 2.05) is 0 Å². The van der Waals surface area contributed by atoms with E-state index < -0.39 is 11.2 Å². The number of hydrogen-bond donors (Lipinski definition) is 0. The van der Waals surface area contributed by atoms with Gasteiger partial charge in [0.25, 0.3) is 0 Å². The van der Waals surface area contributed by atoms with Crippen molar-refractivity contribution < 1.29 is 17.9 Å². The highest BCUT2D eigenvalue weighted by Gasteiger charge is 2.31. The summed E-state index contributed by atoms with van der Waals surface area (Å²) < 4.78 is 42.1. The smallest absolute Gasteiger partial charge is 0.373 e. The number of rotatable bonds is 3. The molecule has 0 saturated carbocycles. The fraction of sp³-hybridized carbons (Fsp3) is 0.200. The van der Waals surface area contributed by atoms with Gasteiger partial charge in [0.2, 0.25) is 0 Å². The maximum Gasteiger partial charge on any atom is 0.373 e. The monoisotopic (exact) mass is 236 g/mol. The summed E-state index contributed by atoms with van der Waals surface area (Å²) >= 11 is 4.49. The summed E-state index contributed by atoms with van der Waals surface area (Å²) in [6.45, 7) is 0. The maximum atomic E-state index is 12.7. The molecule has 0 spiro atoms. The van der Waals surface area contributed by atoms with Gasteiger partial charge in [-0.2, -0.15) is 8.78 Å². The van der Waals surface area contributed by atoms with Gasteiger partial charge < -0.3 is 4.74 Å². The third-order valence-electron chi connectivity index (χ3n) is 1.68. The molecule has 82 valence electrons. The van der Waals surface area contributed by atoms with Crippen LogP contribution >= 0.6 is 11.6 Å². The zero-order valence-electron chi connectivity index (χ0n) is 7.81. The molecule has 1 nitrogen and oxygen atoms in total. The molecule has 1 rings (SSSR count). The lowest BCUT2D eigenvalue weighted by Gasteiger charge is -2.04. The van der Waals surface area contributed by atoms with Gasteiger partial charge in [-0.3, -0.25) is 0 Å². The van der Waals surface area contributed by atoms with E-state index in [-0.39, 0.29) is 5.56 Å². The SMILES string of the molecule is COc1ccc(/C=C(\F)C(F)(F)Cl)cc1. The van der Waals surface area contributed by atoms with Crippen LogP contribution in [0.2, 0.25) is 0 Å². The maximum absolute atomic E-state index is 12.7. The highest BCUT2D eigenvalue weighted by atomic mass is 35.5. The van der Waals surface area contributed by atoms with E-state index in [1.54, 1.807) is 0 Å². The number of benzene rings is 1. The predicted octanol–water partition coefficient (Wildman–Crippen LogP) is 3.84. The van der Waals surface area contributed by atoms with Crippen molar-refractivity contribution in [3.8, 4) is 5.75 Å². The molecule has 0 fully saturated rings. The zero-order chi connectivity index (χ0) is 11.5. The molecule has 1 aromatic carbocycles. The molecule has 0 saturated heterocycles. The second-order valence-corrected chi connectivity index (χ2v) is 3.24. The summed E-state index contributed by atoms with van der Waals surface area (Å²) in [5, 5.41) is -3.96. The Morgan fingerprint density at radius 2 is 1.87 bits per heavy atom. The molecule has 0 bridgehead atoms. The number of halogens is 4. The number of hydrogen-bond acceptors (Lipinski definition) is 1. The van der Waals surface area contributed by atoms with Crippen molar-refractivity contribution in [3.05, 3.63) is 35.7 Å². The Morgan fingerprint density at radius 3 is 2.27 bits per heavy atom. The first-order valence-corrected chi connectivity index (χ1v) is 4.39. The Kier molecular flexibility index (Phi) is 3.63. The Hall–Kier alpha value is -1.16. The highest BCUT2D eigenvalue weighted by molar-refractivity contribution is 6.23. The first kappa shape index (κ1) is 11.9. The summed E-state index contributed by atoms with van der Waals surface area (Å²) in [5.41, 5.74) is 0.286. The Labute approximate surface area is 90.1 Å². The molecule has 0 aliphatic heterocycles. The lowest BCUT2D eigenvalue weighted by molar-refractivity contribution is 0.112. The number of allylic oxidation sites excluding steroid dienone is 1. The second kappa shape index (κ2) is 4.57. The normalized spacial score (nSPS) is 12.7. The molecule has 1 aromatic rings. The van der Waals surface area contributed by atoms with Crippen molar-refractivity contribution in [3.63, 3.8) is 0 Å². The van der Waals surface area contributed by atoms with Crippen LogP contribution < -0.4 is 4.74 Å². The van der Waals surface area contributed by atoms with E-state index in [0.717, 1.165) is 0 Å². The molecule has 15 heavy (non-hydrogen) atoms. The van der Waals surface area contributed by atoms with Gasteiger partial charge in [-0.1, -0.05) is 12.1 Å². The minimum Gasteiger partial charge on any atom is -0.497 e. The van der Waals surface area contributed by atoms with E-state index >= 15 is 0 Å². The van der Waals surface area contributed by atoms with Crippen molar-refractivity contribution in [2.75, 3.05) is 7.11 Å². The van der Waals surface area contributed by atoms with Crippen molar-refractivity contribution in [2.45, 2.75) is 5.38 Å². The van der Waals surface area contributed by atoms with Crippen LogP contribution in [0.3, 0.4) is 0 Å². The van der Waals surface area contributed by atoms with Crippen LogP contribution in [-0.2, 0) is 0 Å². The minimum atomic E-state index is -3.96. The lowest BCUT2D eigenvalue weighted by Crippen LogP contribution is -2.05. The van der Waals surface area contributed by atoms with Gasteiger partial charge in [0.05, 0.1) is 7.11 Å². The molecule has 0 aliphatic rings. The summed E-state index contributed by atoms with van der Waals surface area (Å²) in [7, 11) is 1.47. The lowest BCUT2D eigenvalue weighted by atomic mass is 10.2. The Balaban J connectivity index is 2.89. The second-order valence-electron chi connectivity index (χ2n) is 2.76. The van der Waals surface area contributed by atoms with Crippen LogP contribution in [-0.4, -0.2) is 12.5 Å². The van der Waals surface area contributed by atoms with Crippen molar-refractivity contribution in [1.29, 1.82) is 0 Å². The molecule has 0 aliphatic carbocycles. The first-order chi connectivity index (χ1) is 6.93. The number of alkyl halides is 3. The third kappa shape index (κ3) is 3.47. The topological polar surface area (TPSA) is 9.23 Å². The van der Waals surface area contributed by atoms with Crippen molar-refractivity contribution in [2.24, 2.45) is 0 Å². The van der Waals surface area contributed by atoms with Gasteiger partial charge in [-0.05, 0) is 35.4 Å². The fourth-order valence-corrected chi connectivity index (χ4v) is 0.983. The largest absolute Gasteiger partial charge is 0.497 e. The molecule has 0 amide bonds. The molecule has 0 atom stereocenters. The molecule has 0 N–H and O–H groups in total. The Bertz CT molecular complexity index is 354. The molecule has 5 heteroatoms. The van der Waals surface area contributed by atoms with Crippen LogP contribution in [0.25, 0.3) is 6.08 Å². The van der Waals surface area contributed by atoms with Gasteiger partial charge in [0, 0.05) is 0 Å². The fourth-order valence-electron chi connectivity index (χ4n) is 0.928. The number of ether oxygens (including phenoxy) is 1. The van der Waals surface area contributed by atoms with Gasteiger partial charge in [-0.25, -0.2) is 4.39 Å². The van der Waals surface area contributed by atoms with E-state index in [0.29, 0.717) is 11.8 Å². The number of methoxy groups -OCH3 is 1. The molecule has 0 heterocycles. The zero-order valence-corrected chi connectivity index (χ0v) is 8.56. The molecule has 0 aromatic heterocycles. The van der Waals surface area contributed by atoms with Crippen molar-refractivity contribution >= 4 is 17.7 Å². The summed E-state index contributed by atoms with van der Waals surface area (Å²) in [5.74, 6) is -1.13. The van der Waals surface area contributed by atoms with Crippen LogP contribution in [0.1, 0.15) is 5.56 Å². The highest BCUT2D eigenvalue weighted by Crippen LogP contribution is 2.31. The Morgan fingerprint density at radius 1 is 1.33 bits per heavy atom.